The van der Waals surface area contributed by atoms with E-state index in [1.807, 2.05) is 19.1 Å². The lowest BCUT2D eigenvalue weighted by Gasteiger charge is -2.16. The van der Waals surface area contributed by atoms with Gasteiger partial charge in [0.05, 0.1) is 21.7 Å². The minimum Gasteiger partial charge on any atom is -0.469 e. The third-order valence-electron chi connectivity index (χ3n) is 3.74. The average Bonchev–Trinajstić information content (AvgIpc) is 3.06. The van der Waals surface area contributed by atoms with Gasteiger partial charge in [-0.25, -0.2) is 12.7 Å². The van der Waals surface area contributed by atoms with Crippen molar-refractivity contribution in [2.24, 2.45) is 0 Å². The Balaban J connectivity index is 2.10. The lowest BCUT2D eigenvalue weighted by atomic mass is 10.1. The molecule has 1 amide bonds. The van der Waals surface area contributed by atoms with Crippen LogP contribution in [-0.2, 0) is 16.4 Å². The lowest BCUT2D eigenvalue weighted by Crippen LogP contribution is -2.33. The molecule has 1 N–H and O–H groups in total. The molecule has 2 aromatic rings. The highest BCUT2D eigenvalue weighted by Gasteiger charge is 2.21. The van der Waals surface area contributed by atoms with Crippen LogP contribution in [0.2, 0.25) is 5.02 Å². The monoisotopic (exact) mass is 384 g/mol. The van der Waals surface area contributed by atoms with Crippen LogP contribution >= 0.6 is 11.6 Å². The summed E-state index contributed by atoms with van der Waals surface area (Å²) >= 11 is 6.08. The quantitative estimate of drug-likeness (QED) is 0.795. The predicted molar refractivity (Wildman–Crippen MR) is 96.3 cm³/mol. The number of halogens is 1. The van der Waals surface area contributed by atoms with Crippen molar-refractivity contribution in [1.29, 1.82) is 0 Å². The van der Waals surface area contributed by atoms with Crippen LogP contribution in [-0.4, -0.2) is 38.8 Å². The van der Waals surface area contributed by atoms with E-state index in [4.69, 9.17) is 16.0 Å². The number of benzene rings is 1. The molecule has 0 fully saturated rings. The van der Waals surface area contributed by atoms with E-state index >= 15 is 0 Å². The first-order valence-electron chi connectivity index (χ1n) is 7.77. The molecule has 6 nitrogen and oxygen atoms in total. The zero-order chi connectivity index (χ0) is 18.6. The van der Waals surface area contributed by atoms with Crippen LogP contribution in [0, 0.1) is 0 Å². The zero-order valence-electron chi connectivity index (χ0n) is 14.3. The van der Waals surface area contributed by atoms with Gasteiger partial charge in [0, 0.05) is 26.6 Å². The van der Waals surface area contributed by atoms with Gasteiger partial charge in [0.15, 0.2) is 0 Å². The first kappa shape index (κ1) is 19.5. The van der Waals surface area contributed by atoms with Gasteiger partial charge in [-0.1, -0.05) is 11.6 Å². The molecule has 25 heavy (non-hydrogen) atoms. The molecule has 0 radical (unpaired) electrons. The van der Waals surface area contributed by atoms with Crippen molar-refractivity contribution >= 4 is 27.5 Å². The summed E-state index contributed by atoms with van der Waals surface area (Å²) in [6.07, 6.45) is 2.98. The van der Waals surface area contributed by atoms with Crippen molar-refractivity contribution in [1.82, 2.24) is 9.62 Å². The summed E-state index contributed by atoms with van der Waals surface area (Å²) in [4.78, 5) is 12.5. The van der Waals surface area contributed by atoms with Crippen molar-refractivity contribution in [3.63, 3.8) is 0 Å². The van der Waals surface area contributed by atoms with Crippen LogP contribution in [0.1, 0.15) is 29.5 Å². The van der Waals surface area contributed by atoms with E-state index in [0.29, 0.717) is 12.8 Å². The SMILES string of the molecule is C[C@H](CCc1ccco1)NC(=O)c1cc(S(=O)(=O)N(C)C)ccc1Cl. The molecule has 0 spiro atoms. The number of furan rings is 1. The number of nitrogens with zero attached hydrogens (tertiary/aromatic N) is 1. The van der Waals surface area contributed by atoms with Gasteiger partial charge in [0.25, 0.3) is 5.91 Å². The van der Waals surface area contributed by atoms with E-state index in [-0.39, 0.29) is 21.5 Å². The fraction of sp³-hybridized carbons (Fsp3) is 0.353. The van der Waals surface area contributed by atoms with Crippen LogP contribution in [0.25, 0.3) is 0 Å². The van der Waals surface area contributed by atoms with Gasteiger partial charge in [0.1, 0.15) is 5.76 Å². The van der Waals surface area contributed by atoms with Crippen molar-refractivity contribution in [2.45, 2.75) is 30.7 Å². The van der Waals surface area contributed by atoms with Crippen LogP contribution < -0.4 is 5.32 Å². The number of carbonyl (C=O) groups is 1. The van der Waals surface area contributed by atoms with Crippen LogP contribution in [0.3, 0.4) is 0 Å². The van der Waals surface area contributed by atoms with E-state index < -0.39 is 15.9 Å². The highest BCUT2D eigenvalue weighted by Crippen LogP contribution is 2.22. The van der Waals surface area contributed by atoms with Crippen molar-refractivity contribution in [2.75, 3.05) is 14.1 Å². The number of amides is 1. The number of carbonyl (C=O) groups excluding carboxylic acids is 1. The minimum absolute atomic E-state index is 0.0234. The van der Waals surface area contributed by atoms with Gasteiger partial charge in [-0.15, -0.1) is 0 Å². The van der Waals surface area contributed by atoms with Gasteiger partial charge in [-0.2, -0.15) is 0 Å². The molecule has 0 aliphatic carbocycles. The Bertz CT molecular complexity index is 832. The molecule has 0 saturated heterocycles. The number of nitrogens with one attached hydrogen (secondary N) is 1. The largest absolute Gasteiger partial charge is 0.469 e. The third-order valence-corrected chi connectivity index (χ3v) is 5.88. The molecular formula is C17H21ClN2O4S. The second-order valence-electron chi connectivity index (χ2n) is 5.92. The van der Waals surface area contributed by atoms with Crippen LogP contribution in [0.15, 0.2) is 45.9 Å². The Morgan fingerprint density at radius 3 is 2.64 bits per heavy atom. The Morgan fingerprint density at radius 1 is 1.32 bits per heavy atom. The number of hydrogen-bond acceptors (Lipinski definition) is 4. The fourth-order valence-electron chi connectivity index (χ4n) is 2.24. The molecule has 136 valence electrons. The molecule has 0 saturated carbocycles. The number of hydrogen-bond donors (Lipinski definition) is 1. The Morgan fingerprint density at radius 2 is 2.04 bits per heavy atom. The highest BCUT2D eigenvalue weighted by molar-refractivity contribution is 7.89. The fourth-order valence-corrected chi connectivity index (χ4v) is 3.37. The Kier molecular flexibility index (Phi) is 6.26. The average molecular weight is 385 g/mol. The van der Waals surface area contributed by atoms with Crippen LogP contribution in [0.4, 0.5) is 0 Å². The molecule has 8 heteroatoms. The molecule has 1 aromatic carbocycles. The second kappa shape index (κ2) is 8.03. The van der Waals surface area contributed by atoms with Crippen LogP contribution in [0.5, 0.6) is 0 Å². The second-order valence-corrected chi connectivity index (χ2v) is 8.48. The molecule has 2 rings (SSSR count). The maximum Gasteiger partial charge on any atom is 0.253 e. The smallest absolute Gasteiger partial charge is 0.253 e. The van der Waals surface area contributed by atoms with Crippen molar-refractivity contribution in [3.05, 3.63) is 52.9 Å². The minimum atomic E-state index is -3.64. The summed E-state index contributed by atoms with van der Waals surface area (Å²) in [5.41, 5.74) is 0.134. The first-order valence-corrected chi connectivity index (χ1v) is 9.59. The normalized spacial score (nSPS) is 13.0. The third kappa shape index (κ3) is 4.84. The highest BCUT2D eigenvalue weighted by atomic mass is 35.5. The first-order chi connectivity index (χ1) is 11.7. The van der Waals surface area contributed by atoms with E-state index in [0.717, 1.165) is 10.1 Å². The number of sulfonamides is 1. The van der Waals surface area contributed by atoms with Gasteiger partial charge in [-0.3, -0.25) is 4.79 Å². The number of rotatable bonds is 7. The van der Waals surface area contributed by atoms with Crippen molar-refractivity contribution < 1.29 is 17.6 Å². The Labute approximate surface area is 152 Å². The topological polar surface area (TPSA) is 79.6 Å². The van der Waals surface area contributed by atoms with Gasteiger partial charge < -0.3 is 9.73 Å². The molecule has 0 aliphatic rings. The van der Waals surface area contributed by atoms with Gasteiger partial charge in [-0.05, 0) is 43.7 Å². The Hall–Kier alpha value is -1.83. The van der Waals surface area contributed by atoms with E-state index in [2.05, 4.69) is 5.32 Å². The van der Waals surface area contributed by atoms with E-state index in [1.54, 1.807) is 6.26 Å². The van der Waals surface area contributed by atoms with Gasteiger partial charge in [0.2, 0.25) is 10.0 Å². The summed E-state index contributed by atoms with van der Waals surface area (Å²) in [6.45, 7) is 1.87. The molecule has 0 bridgehead atoms. The lowest BCUT2D eigenvalue weighted by molar-refractivity contribution is 0.0938. The maximum atomic E-state index is 12.5. The zero-order valence-corrected chi connectivity index (χ0v) is 15.9. The summed E-state index contributed by atoms with van der Waals surface area (Å²) < 4.78 is 30.8. The summed E-state index contributed by atoms with van der Waals surface area (Å²) in [5.74, 6) is 0.436. The summed E-state index contributed by atoms with van der Waals surface area (Å²) in [6, 6.07) is 7.67. The molecule has 1 atom stereocenters. The summed E-state index contributed by atoms with van der Waals surface area (Å²) in [7, 11) is -0.774. The predicted octanol–water partition coefficient (Wildman–Crippen LogP) is 2.93. The van der Waals surface area contributed by atoms with Gasteiger partial charge >= 0.3 is 0 Å². The molecule has 1 heterocycles. The molecule has 0 unspecified atom stereocenters. The molecular weight excluding hydrogens is 364 g/mol. The molecule has 1 aromatic heterocycles. The number of aryl methyl sites for hydroxylation is 1. The summed E-state index contributed by atoms with van der Waals surface area (Å²) in [5, 5.41) is 3.04. The van der Waals surface area contributed by atoms with E-state index in [9.17, 15) is 13.2 Å². The maximum absolute atomic E-state index is 12.5. The van der Waals surface area contributed by atoms with E-state index in [1.165, 1.54) is 32.3 Å². The molecule has 0 aliphatic heterocycles. The standard InChI is InChI=1S/C17H21ClN2O4S/c1-12(6-7-13-5-4-10-24-13)19-17(21)15-11-14(8-9-16(15)18)25(22,23)20(2)3/h4-5,8-12H,6-7H2,1-3H3,(H,19,21)/t12-/m1/s1. The van der Waals surface area contributed by atoms with Crippen molar-refractivity contribution in [3.8, 4) is 0 Å².